The summed E-state index contributed by atoms with van der Waals surface area (Å²) in [5.74, 6) is 0.835. The Labute approximate surface area is 143 Å². The molecule has 1 unspecified atom stereocenters. The molecule has 0 aliphatic carbocycles. The van der Waals surface area contributed by atoms with Crippen LogP contribution in [0, 0.1) is 0 Å². The van der Waals surface area contributed by atoms with Gasteiger partial charge in [-0.3, -0.25) is 0 Å². The number of hydrogen-bond acceptors (Lipinski definition) is 3. The molecule has 1 aromatic heterocycles. The predicted octanol–water partition coefficient (Wildman–Crippen LogP) is 1.86. The lowest BCUT2D eigenvalue weighted by atomic mass is 10.1. The molecule has 0 spiro atoms. The van der Waals surface area contributed by atoms with Crippen molar-refractivity contribution in [2.75, 3.05) is 32.7 Å². The molecule has 6 heteroatoms. The maximum Gasteiger partial charge on any atom is 0.318 e. The minimum absolute atomic E-state index is 0.0254. The fourth-order valence-electron chi connectivity index (χ4n) is 3.08. The van der Waals surface area contributed by atoms with Gasteiger partial charge in [-0.2, -0.15) is 0 Å². The Morgan fingerprint density at radius 1 is 1.21 bits per heavy atom. The van der Waals surface area contributed by atoms with Crippen LogP contribution in [0.1, 0.15) is 24.4 Å². The first kappa shape index (κ1) is 16.5. The fraction of sp³-hybridized carbons (Fsp3) is 0.444. The number of urea groups is 1. The monoisotopic (exact) mass is 327 g/mol. The molecule has 1 aliphatic heterocycles. The third-order valence-corrected chi connectivity index (χ3v) is 4.62. The number of nitrogens with zero attached hydrogens (tertiary/aromatic N) is 4. The molecule has 24 heavy (non-hydrogen) atoms. The molecule has 3 rings (SSSR count). The van der Waals surface area contributed by atoms with Crippen molar-refractivity contribution in [3.05, 3.63) is 54.1 Å². The Kier molecular flexibility index (Phi) is 5.15. The van der Waals surface area contributed by atoms with Crippen molar-refractivity contribution < 1.29 is 4.79 Å². The van der Waals surface area contributed by atoms with E-state index >= 15 is 0 Å². The van der Waals surface area contributed by atoms with Crippen LogP contribution >= 0.6 is 0 Å². The minimum atomic E-state index is -0.247. The molecule has 1 saturated heterocycles. The molecule has 1 atom stereocenters. The summed E-state index contributed by atoms with van der Waals surface area (Å²) in [6.45, 7) is 6.59. The van der Waals surface area contributed by atoms with Crippen LogP contribution in [-0.2, 0) is 7.05 Å². The van der Waals surface area contributed by atoms with E-state index in [4.69, 9.17) is 0 Å². The minimum Gasteiger partial charge on any atom is -0.336 e. The number of amides is 2. The van der Waals surface area contributed by atoms with E-state index in [0.29, 0.717) is 0 Å². The summed E-state index contributed by atoms with van der Waals surface area (Å²) in [5.41, 5.74) is 1.03. The maximum absolute atomic E-state index is 12.7. The topological polar surface area (TPSA) is 53.4 Å². The van der Waals surface area contributed by atoms with Gasteiger partial charge >= 0.3 is 6.03 Å². The first-order valence-electron chi connectivity index (χ1n) is 8.49. The number of carbonyl (C=O) groups is 1. The lowest BCUT2D eigenvalue weighted by Crippen LogP contribution is -2.52. The van der Waals surface area contributed by atoms with Crippen molar-refractivity contribution in [2.45, 2.75) is 13.0 Å². The smallest absolute Gasteiger partial charge is 0.318 e. The molecule has 1 aliphatic rings. The number of aryl methyl sites for hydroxylation is 1. The van der Waals surface area contributed by atoms with Gasteiger partial charge in [-0.1, -0.05) is 37.3 Å². The molecule has 6 nitrogen and oxygen atoms in total. The lowest BCUT2D eigenvalue weighted by molar-refractivity contribution is 0.141. The zero-order valence-corrected chi connectivity index (χ0v) is 14.4. The Morgan fingerprint density at radius 3 is 2.50 bits per heavy atom. The number of aromatic nitrogens is 2. The number of piperazine rings is 1. The molecule has 1 aromatic carbocycles. The van der Waals surface area contributed by atoms with Crippen molar-refractivity contribution in [2.24, 2.45) is 7.05 Å². The average Bonchev–Trinajstić information content (AvgIpc) is 3.06. The van der Waals surface area contributed by atoms with E-state index in [1.54, 1.807) is 6.20 Å². The highest BCUT2D eigenvalue weighted by atomic mass is 16.2. The summed E-state index contributed by atoms with van der Waals surface area (Å²) in [4.78, 5) is 21.4. The molecule has 0 radical (unpaired) electrons. The van der Waals surface area contributed by atoms with Gasteiger partial charge in [-0.05, 0) is 12.1 Å². The van der Waals surface area contributed by atoms with E-state index in [1.807, 2.05) is 53.0 Å². The normalized spacial score (nSPS) is 16.8. The summed E-state index contributed by atoms with van der Waals surface area (Å²) in [6.07, 6.45) is 3.66. The van der Waals surface area contributed by atoms with Gasteiger partial charge in [0, 0.05) is 45.6 Å². The molecule has 1 N–H and O–H groups in total. The Bertz CT molecular complexity index is 661. The van der Waals surface area contributed by atoms with Crippen molar-refractivity contribution in [3.8, 4) is 0 Å². The molecule has 0 saturated carbocycles. The van der Waals surface area contributed by atoms with Crippen LogP contribution in [0.2, 0.25) is 0 Å². The number of carbonyl (C=O) groups excluding carboxylic acids is 1. The van der Waals surface area contributed by atoms with Gasteiger partial charge in [0.05, 0.1) is 0 Å². The Hall–Kier alpha value is -2.34. The second-order valence-electron chi connectivity index (χ2n) is 6.11. The van der Waals surface area contributed by atoms with Crippen LogP contribution < -0.4 is 5.32 Å². The number of likely N-dealkylation sites (N-methyl/N-ethyl adjacent to an activating group) is 1. The first-order chi connectivity index (χ1) is 11.7. The van der Waals surface area contributed by atoms with Crippen LogP contribution in [0.15, 0.2) is 42.7 Å². The molecule has 2 amide bonds. The third-order valence-electron chi connectivity index (χ3n) is 4.62. The second kappa shape index (κ2) is 7.49. The average molecular weight is 327 g/mol. The van der Waals surface area contributed by atoms with E-state index in [0.717, 1.165) is 44.1 Å². The SMILES string of the molecule is CCN1CCN(C(=O)NC(c2ccccc2)c2nccn2C)CC1. The molecule has 0 bridgehead atoms. The van der Waals surface area contributed by atoms with Crippen LogP contribution in [0.4, 0.5) is 4.79 Å². The van der Waals surface area contributed by atoms with Gasteiger partial charge in [0.2, 0.25) is 0 Å². The molecule has 2 aromatic rings. The van der Waals surface area contributed by atoms with Crippen molar-refractivity contribution >= 4 is 6.03 Å². The molecular formula is C18H25N5O. The van der Waals surface area contributed by atoms with Crippen molar-refractivity contribution in [1.29, 1.82) is 0 Å². The Morgan fingerprint density at radius 2 is 1.92 bits per heavy atom. The lowest BCUT2D eigenvalue weighted by Gasteiger charge is -2.35. The van der Waals surface area contributed by atoms with Gasteiger partial charge in [0.1, 0.15) is 11.9 Å². The largest absolute Gasteiger partial charge is 0.336 e. The van der Waals surface area contributed by atoms with Crippen molar-refractivity contribution in [3.63, 3.8) is 0 Å². The predicted molar refractivity (Wildman–Crippen MR) is 93.7 cm³/mol. The van der Waals surface area contributed by atoms with Crippen molar-refractivity contribution in [1.82, 2.24) is 24.7 Å². The fourth-order valence-corrected chi connectivity index (χ4v) is 3.08. The number of nitrogens with one attached hydrogen (secondary N) is 1. The van der Waals surface area contributed by atoms with Gasteiger partial charge in [-0.15, -0.1) is 0 Å². The van der Waals surface area contributed by atoms with E-state index < -0.39 is 0 Å². The van der Waals surface area contributed by atoms with Gasteiger partial charge < -0.3 is 19.7 Å². The summed E-state index contributed by atoms with van der Waals surface area (Å²) in [5, 5.41) is 3.16. The number of benzene rings is 1. The standard InChI is InChI=1S/C18H25N5O/c1-3-22-11-13-23(14-12-22)18(24)20-16(15-7-5-4-6-8-15)17-19-9-10-21(17)2/h4-10,16H,3,11-14H2,1-2H3,(H,20,24). The van der Waals surface area contributed by atoms with Gasteiger partial charge in [0.15, 0.2) is 0 Å². The number of imidazole rings is 1. The molecular weight excluding hydrogens is 302 g/mol. The second-order valence-corrected chi connectivity index (χ2v) is 6.11. The number of hydrogen-bond donors (Lipinski definition) is 1. The maximum atomic E-state index is 12.7. The summed E-state index contributed by atoms with van der Waals surface area (Å²) in [7, 11) is 1.95. The third kappa shape index (κ3) is 3.59. The van der Waals surface area contributed by atoms with Gasteiger partial charge in [0.25, 0.3) is 0 Å². The molecule has 1 fully saturated rings. The molecule has 2 heterocycles. The van der Waals surface area contributed by atoms with Crippen LogP contribution in [0.3, 0.4) is 0 Å². The van der Waals surface area contributed by atoms with Crippen LogP contribution in [-0.4, -0.2) is 58.1 Å². The van der Waals surface area contributed by atoms with Crippen LogP contribution in [0.25, 0.3) is 0 Å². The summed E-state index contributed by atoms with van der Waals surface area (Å²) < 4.78 is 1.95. The zero-order chi connectivity index (χ0) is 16.9. The van der Waals surface area contributed by atoms with E-state index in [9.17, 15) is 4.79 Å². The van der Waals surface area contributed by atoms with E-state index in [2.05, 4.69) is 22.1 Å². The highest BCUT2D eigenvalue weighted by molar-refractivity contribution is 5.75. The highest BCUT2D eigenvalue weighted by Crippen LogP contribution is 2.20. The first-order valence-corrected chi connectivity index (χ1v) is 8.49. The summed E-state index contributed by atoms with van der Waals surface area (Å²) in [6, 6.07) is 9.72. The highest BCUT2D eigenvalue weighted by Gasteiger charge is 2.25. The quantitative estimate of drug-likeness (QED) is 0.932. The zero-order valence-electron chi connectivity index (χ0n) is 14.4. The van der Waals surface area contributed by atoms with Crippen LogP contribution in [0.5, 0.6) is 0 Å². The van der Waals surface area contributed by atoms with E-state index in [1.165, 1.54) is 0 Å². The molecule has 128 valence electrons. The summed E-state index contributed by atoms with van der Waals surface area (Å²) >= 11 is 0. The van der Waals surface area contributed by atoms with Gasteiger partial charge in [-0.25, -0.2) is 9.78 Å². The van der Waals surface area contributed by atoms with E-state index in [-0.39, 0.29) is 12.1 Å². The Balaban J connectivity index is 1.75. The number of rotatable bonds is 4.